The van der Waals surface area contributed by atoms with Crippen LogP contribution in [0.4, 0.5) is 0 Å². The quantitative estimate of drug-likeness (QED) is 0.785. The first-order chi connectivity index (χ1) is 8.63. The van der Waals surface area contributed by atoms with Crippen molar-refractivity contribution in [1.82, 2.24) is 19.9 Å². The highest BCUT2D eigenvalue weighted by atomic mass is 16.3. The molecule has 0 aliphatic carbocycles. The first-order valence-electron chi connectivity index (χ1n) is 6.29. The maximum atomic E-state index is 8.78. The van der Waals surface area contributed by atoms with Gasteiger partial charge in [0.15, 0.2) is 5.65 Å². The van der Waals surface area contributed by atoms with Gasteiger partial charge in [-0.15, -0.1) is 0 Å². The molecule has 2 heterocycles. The van der Waals surface area contributed by atoms with Crippen molar-refractivity contribution in [2.75, 3.05) is 13.2 Å². The number of rotatable bonds is 5. The molecule has 0 radical (unpaired) electrons. The number of fused-ring (bicyclic) bond motifs is 1. The Bertz CT molecular complexity index is 535. The third-order valence-corrected chi connectivity index (χ3v) is 3.14. The summed E-state index contributed by atoms with van der Waals surface area (Å²) >= 11 is 0. The zero-order valence-corrected chi connectivity index (χ0v) is 11.1. The van der Waals surface area contributed by atoms with Gasteiger partial charge in [-0.05, 0) is 33.7 Å². The minimum Gasteiger partial charge on any atom is -0.396 e. The van der Waals surface area contributed by atoms with E-state index >= 15 is 0 Å². The van der Waals surface area contributed by atoms with Crippen molar-refractivity contribution in [3.05, 3.63) is 29.2 Å². The van der Waals surface area contributed by atoms with E-state index in [9.17, 15) is 0 Å². The fourth-order valence-corrected chi connectivity index (χ4v) is 2.11. The van der Waals surface area contributed by atoms with Crippen LogP contribution >= 0.6 is 0 Å². The molecule has 0 amide bonds. The van der Waals surface area contributed by atoms with Crippen molar-refractivity contribution in [3.8, 4) is 0 Å². The molecule has 2 aromatic rings. The molecule has 5 nitrogen and oxygen atoms in total. The van der Waals surface area contributed by atoms with Gasteiger partial charge < -0.3 is 10.4 Å². The summed E-state index contributed by atoms with van der Waals surface area (Å²) in [7, 11) is 0. The first-order valence-corrected chi connectivity index (χ1v) is 6.29. The number of aliphatic hydroxyl groups excluding tert-OH is 1. The summed E-state index contributed by atoms with van der Waals surface area (Å²) in [4.78, 5) is 4.42. The van der Waals surface area contributed by atoms with Gasteiger partial charge in [0.25, 0.3) is 0 Å². The van der Waals surface area contributed by atoms with Crippen LogP contribution in [0, 0.1) is 13.8 Å². The minimum absolute atomic E-state index is 0.206. The smallest absolute Gasteiger partial charge is 0.155 e. The van der Waals surface area contributed by atoms with Crippen LogP contribution in [0.1, 0.15) is 36.3 Å². The summed E-state index contributed by atoms with van der Waals surface area (Å²) in [5, 5.41) is 16.6. The summed E-state index contributed by atoms with van der Waals surface area (Å²) in [6, 6.07) is 2.18. The summed E-state index contributed by atoms with van der Waals surface area (Å²) < 4.78 is 1.88. The van der Waals surface area contributed by atoms with E-state index in [1.807, 2.05) is 23.7 Å². The number of hydrogen-bond donors (Lipinski definition) is 2. The van der Waals surface area contributed by atoms with Gasteiger partial charge in [0.05, 0.1) is 5.69 Å². The molecule has 5 heteroatoms. The molecule has 0 bridgehead atoms. The fraction of sp³-hybridized carbons (Fsp3) is 0.538. The lowest BCUT2D eigenvalue weighted by atomic mass is 10.1. The van der Waals surface area contributed by atoms with Gasteiger partial charge in [-0.25, -0.2) is 9.50 Å². The van der Waals surface area contributed by atoms with E-state index in [1.54, 1.807) is 0 Å². The predicted octanol–water partition coefficient (Wildman–Crippen LogP) is 1.38. The molecular weight excluding hydrogens is 228 g/mol. The van der Waals surface area contributed by atoms with E-state index in [0.717, 1.165) is 35.6 Å². The molecule has 2 rings (SSSR count). The van der Waals surface area contributed by atoms with Crippen LogP contribution in [-0.4, -0.2) is 32.9 Å². The van der Waals surface area contributed by atoms with Crippen molar-refractivity contribution in [2.24, 2.45) is 0 Å². The molecule has 98 valence electrons. The van der Waals surface area contributed by atoms with Crippen molar-refractivity contribution in [2.45, 2.75) is 33.2 Å². The molecule has 0 fully saturated rings. The van der Waals surface area contributed by atoms with E-state index in [-0.39, 0.29) is 12.6 Å². The molecule has 2 aromatic heterocycles. The molecular formula is C13H20N4O. The molecule has 0 spiro atoms. The third-order valence-electron chi connectivity index (χ3n) is 3.14. The third kappa shape index (κ3) is 2.52. The molecule has 0 saturated heterocycles. The second kappa shape index (κ2) is 5.46. The standard InChI is InChI=1S/C13H20N4O/c1-9-7-13-15-8-12(11(3)17(13)16-9)10(2)14-5-4-6-18/h7-8,10,14,18H,4-6H2,1-3H3. The van der Waals surface area contributed by atoms with Gasteiger partial charge in [0, 0.05) is 36.2 Å². The normalized spacial score (nSPS) is 13.1. The highest BCUT2D eigenvalue weighted by molar-refractivity contribution is 5.42. The SMILES string of the molecule is Cc1cc2ncc(C(C)NCCCO)c(C)n2n1. The molecule has 0 saturated carbocycles. The highest BCUT2D eigenvalue weighted by Crippen LogP contribution is 2.17. The number of aromatic nitrogens is 3. The number of aliphatic hydroxyl groups is 1. The highest BCUT2D eigenvalue weighted by Gasteiger charge is 2.12. The minimum atomic E-state index is 0.206. The van der Waals surface area contributed by atoms with Crippen LogP contribution in [0.3, 0.4) is 0 Å². The predicted molar refractivity (Wildman–Crippen MR) is 70.6 cm³/mol. The lowest BCUT2D eigenvalue weighted by Gasteiger charge is -2.16. The number of nitrogens with one attached hydrogen (secondary N) is 1. The zero-order valence-electron chi connectivity index (χ0n) is 11.1. The summed E-state index contributed by atoms with van der Waals surface area (Å²) in [5.41, 5.74) is 4.11. The van der Waals surface area contributed by atoms with Crippen LogP contribution < -0.4 is 5.32 Å². The van der Waals surface area contributed by atoms with Crippen LogP contribution in [0.5, 0.6) is 0 Å². The molecule has 1 atom stereocenters. The Hall–Kier alpha value is -1.46. The lowest BCUT2D eigenvalue weighted by molar-refractivity contribution is 0.284. The second-order valence-electron chi connectivity index (χ2n) is 4.61. The van der Waals surface area contributed by atoms with Crippen molar-refractivity contribution < 1.29 is 5.11 Å². The van der Waals surface area contributed by atoms with E-state index in [2.05, 4.69) is 29.2 Å². The van der Waals surface area contributed by atoms with Crippen LogP contribution in [0.15, 0.2) is 12.3 Å². The van der Waals surface area contributed by atoms with E-state index in [1.165, 1.54) is 0 Å². The molecule has 18 heavy (non-hydrogen) atoms. The van der Waals surface area contributed by atoms with Crippen LogP contribution in [0.25, 0.3) is 5.65 Å². The van der Waals surface area contributed by atoms with Crippen LogP contribution in [0.2, 0.25) is 0 Å². The molecule has 1 unspecified atom stereocenters. The summed E-state index contributed by atoms with van der Waals surface area (Å²) in [5.74, 6) is 0. The summed E-state index contributed by atoms with van der Waals surface area (Å²) in [6.07, 6.45) is 2.67. The Labute approximate surface area is 107 Å². The Kier molecular flexibility index (Phi) is 3.93. The van der Waals surface area contributed by atoms with Gasteiger partial charge in [-0.3, -0.25) is 0 Å². The fourth-order valence-electron chi connectivity index (χ4n) is 2.11. The van der Waals surface area contributed by atoms with Crippen molar-refractivity contribution in [3.63, 3.8) is 0 Å². The molecule has 0 aromatic carbocycles. The van der Waals surface area contributed by atoms with Crippen molar-refractivity contribution in [1.29, 1.82) is 0 Å². The van der Waals surface area contributed by atoms with Gasteiger partial charge in [-0.1, -0.05) is 0 Å². The van der Waals surface area contributed by atoms with Gasteiger partial charge in [-0.2, -0.15) is 5.10 Å². The summed E-state index contributed by atoms with van der Waals surface area (Å²) in [6.45, 7) is 7.14. The maximum Gasteiger partial charge on any atom is 0.155 e. The molecule has 0 aliphatic heterocycles. The Morgan fingerprint density at radius 1 is 1.44 bits per heavy atom. The number of aryl methyl sites for hydroxylation is 2. The van der Waals surface area contributed by atoms with Gasteiger partial charge >= 0.3 is 0 Å². The van der Waals surface area contributed by atoms with E-state index < -0.39 is 0 Å². The average Bonchev–Trinajstić information content (AvgIpc) is 2.71. The largest absolute Gasteiger partial charge is 0.396 e. The Balaban J connectivity index is 2.24. The van der Waals surface area contributed by atoms with E-state index in [4.69, 9.17) is 5.11 Å². The Morgan fingerprint density at radius 2 is 2.22 bits per heavy atom. The molecule has 0 aliphatic rings. The topological polar surface area (TPSA) is 62.5 Å². The molecule has 2 N–H and O–H groups in total. The van der Waals surface area contributed by atoms with E-state index in [0.29, 0.717) is 0 Å². The lowest BCUT2D eigenvalue weighted by Crippen LogP contribution is -2.22. The Morgan fingerprint density at radius 3 is 2.94 bits per heavy atom. The monoisotopic (exact) mass is 248 g/mol. The van der Waals surface area contributed by atoms with Gasteiger partial charge in [0.2, 0.25) is 0 Å². The number of nitrogens with zero attached hydrogens (tertiary/aromatic N) is 3. The van der Waals surface area contributed by atoms with Gasteiger partial charge in [0.1, 0.15) is 0 Å². The average molecular weight is 248 g/mol. The van der Waals surface area contributed by atoms with Crippen molar-refractivity contribution >= 4 is 5.65 Å². The number of hydrogen-bond acceptors (Lipinski definition) is 4. The second-order valence-corrected chi connectivity index (χ2v) is 4.61. The first kappa shape index (κ1) is 13.0. The maximum absolute atomic E-state index is 8.78. The zero-order chi connectivity index (χ0) is 13.1. The van der Waals surface area contributed by atoms with Crippen LogP contribution in [-0.2, 0) is 0 Å².